The van der Waals surface area contributed by atoms with Gasteiger partial charge >= 0.3 is 5.97 Å². The van der Waals surface area contributed by atoms with Crippen LogP contribution in [0.2, 0.25) is 0 Å². The maximum atomic E-state index is 11.2. The number of esters is 1. The highest BCUT2D eigenvalue weighted by atomic mass is 16.5. The summed E-state index contributed by atoms with van der Waals surface area (Å²) in [6.07, 6.45) is 4.67. The minimum Gasteiger partial charge on any atom is -0.466 e. The van der Waals surface area contributed by atoms with Crippen molar-refractivity contribution in [2.24, 2.45) is 5.92 Å². The van der Waals surface area contributed by atoms with Crippen molar-refractivity contribution in [2.45, 2.75) is 38.6 Å². The van der Waals surface area contributed by atoms with Gasteiger partial charge in [0.05, 0.1) is 13.0 Å². The maximum absolute atomic E-state index is 11.2. The van der Waals surface area contributed by atoms with Crippen LogP contribution in [-0.2, 0) is 9.53 Å². The average molecular weight is 197 g/mol. The van der Waals surface area contributed by atoms with Crippen molar-refractivity contribution in [3.8, 4) is 0 Å². The molecular weight excluding hydrogens is 178 g/mol. The summed E-state index contributed by atoms with van der Waals surface area (Å²) in [6.45, 7) is 4.48. The molecular formula is C11H19NO2. The highest BCUT2D eigenvalue weighted by Gasteiger charge is 2.37. The first-order valence-electron chi connectivity index (χ1n) is 5.69. The van der Waals surface area contributed by atoms with Crippen molar-refractivity contribution in [1.82, 2.24) is 4.90 Å². The second kappa shape index (κ2) is 4.30. The first-order valence-corrected chi connectivity index (χ1v) is 5.69. The van der Waals surface area contributed by atoms with E-state index in [1.165, 1.54) is 25.8 Å². The van der Waals surface area contributed by atoms with Gasteiger partial charge in [-0.15, -0.1) is 0 Å². The molecule has 2 bridgehead atoms. The number of hydrogen-bond donors (Lipinski definition) is 0. The van der Waals surface area contributed by atoms with E-state index in [4.69, 9.17) is 4.74 Å². The zero-order valence-electron chi connectivity index (χ0n) is 8.87. The Balaban J connectivity index is 1.69. The van der Waals surface area contributed by atoms with Crippen molar-refractivity contribution in [3.63, 3.8) is 0 Å². The second-order valence-corrected chi connectivity index (χ2v) is 4.38. The normalized spacial score (nSPS) is 30.9. The molecule has 1 aliphatic heterocycles. The van der Waals surface area contributed by atoms with Gasteiger partial charge in [0.25, 0.3) is 0 Å². The standard InChI is InChI=1S/C11H19NO2/c1-2-14-11(13)5-6-12-8-9-3-4-10(12)7-9/h9-10H,2-8H2,1H3. The van der Waals surface area contributed by atoms with E-state index in [1.807, 2.05) is 6.92 Å². The smallest absolute Gasteiger partial charge is 0.307 e. The number of hydrogen-bond acceptors (Lipinski definition) is 3. The lowest BCUT2D eigenvalue weighted by molar-refractivity contribution is -0.143. The van der Waals surface area contributed by atoms with E-state index >= 15 is 0 Å². The fraction of sp³-hybridized carbons (Fsp3) is 0.909. The highest BCUT2D eigenvalue weighted by Crippen LogP contribution is 2.37. The van der Waals surface area contributed by atoms with Gasteiger partial charge in [-0.2, -0.15) is 0 Å². The molecule has 1 aliphatic carbocycles. The number of carbonyl (C=O) groups is 1. The van der Waals surface area contributed by atoms with Crippen LogP contribution in [0, 0.1) is 5.92 Å². The van der Waals surface area contributed by atoms with Crippen LogP contribution in [-0.4, -0.2) is 36.6 Å². The number of ether oxygens (including phenoxy) is 1. The molecule has 2 fully saturated rings. The highest BCUT2D eigenvalue weighted by molar-refractivity contribution is 5.69. The summed E-state index contributed by atoms with van der Waals surface area (Å²) in [5.74, 6) is 0.873. The van der Waals surface area contributed by atoms with Crippen molar-refractivity contribution >= 4 is 5.97 Å². The Kier molecular flexibility index (Phi) is 3.06. The molecule has 0 aromatic carbocycles. The van der Waals surface area contributed by atoms with Gasteiger partial charge in [-0.1, -0.05) is 0 Å². The summed E-state index contributed by atoms with van der Waals surface area (Å²) < 4.78 is 4.92. The summed E-state index contributed by atoms with van der Waals surface area (Å²) >= 11 is 0. The molecule has 0 aromatic heterocycles. The molecule has 1 saturated heterocycles. The van der Waals surface area contributed by atoms with Crippen molar-refractivity contribution in [1.29, 1.82) is 0 Å². The van der Waals surface area contributed by atoms with Crippen molar-refractivity contribution in [2.75, 3.05) is 19.7 Å². The fourth-order valence-corrected chi connectivity index (χ4v) is 2.77. The Labute approximate surface area is 85.4 Å². The maximum Gasteiger partial charge on any atom is 0.307 e. The SMILES string of the molecule is CCOC(=O)CCN1CC2CCC1C2. The fourth-order valence-electron chi connectivity index (χ4n) is 2.77. The van der Waals surface area contributed by atoms with Gasteiger partial charge in [0, 0.05) is 19.1 Å². The van der Waals surface area contributed by atoms with Crippen molar-refractivity contribution in [3.05, 3.63) is 0 Å². The van der Waals surface area contributed by atoms with Gasteiger partial charge in [-0.25, -0.2) is 0 Å². The zero-order chi connectivity index (χ0) is 9.97. The molecule has 3 heteroatoms. The van der Waals surface area contributed by atoms with Gasteiger partial charge in [-0.3, -0.25) is 9.69 Å². The van der Waals surface area contributed by atoms with E-state index in [1.54, 1.807) is 0 Å². The summed E-state index contributed by atoms with van der Waals surface area (Å²) in [6, 6.07) is 0.773. The molecule has 3 nitrogen and oxygen atoms in total. The number of fused-ring (bicyclic) bond motifs is 2. The molecule has 2 unspecified atom stereocenters. The average Bonchev–Trinajstić information content (AvgIpc) is 2.76. The topological polar surface area (TPSA) is 29.5 Å². The molecule has 1 saturated carbocycles. The first-order chi connectivity index (χ1) is 6.79. The van der Waals surface area contributed by atoms with Crippen LogP contribution in [0.3, 0.4) is 0 Å². The van der Waals surface area contributed by atoms with E-state index < -0.39 is 0 Å². The summed E-state index contributed by atoms with van der Waals surface area (Å²) in [5.41, 5.74) is 0. The van der Waals surface area contributed by atoms with Crippen molar-refractivity contribution < 1.29 is 9.53 Å². The zero-order valence-corrected chi connectivity index (χ0v) is 8.87. The van der Waals surface area contributed by atoms with Gasteiger partial charge in [-0.05, 0) is 32.1 Å². The lowest BCUT2D eigenvalue weighted by Gasteiger charge is -2.26. The van der Waals surface area contributed by atoms with Crippen LogP contribution in [0.4, 0.5) is 0 Å². The van der Waals surface area contributed by atoms with Crippen LogP contribution in [0.15, 0.2) is 0 Å². The van der Waals surface area contributed by atoms with Gasteiger partial charge in [0.1, 0.15) is 0 Å². The predicted molar refractivity (Wildman–Crippen MR) is 54.0 cm³/mol. The molecule has 2 aliphatic rings. The summed E-state index contributed by atoms with van der Waals surface area (Å²) in [4.78, 5) is 13.6. The second-order valence-electron chi connectivity index (χ2n) is 4.38. The molecule has 1 heterocycles. The van der Waals surface area contributed by atoms with E-state index in [0.717, 1.165) is 18.5 Å². The lowest BCUT2D eigenvalue weighted by Crippen LogP contribution is -2.34. The molecule has 0 radical (unpaired) electrons. The van der Waals surface area contributed by atoms with Gasteiger partial charge in [0.15, 0.2) is 0 Å². The first kappa shape index (κ1) is 9.97. The predicted octanol–water partition coefficient (Wildman–Crippen LogP) is 1.42. The number of nitrogens with zero attached hydrogens (tertiary/aromatic N) is 1. The minimum absolute atomic E-state index is 0.0460. The van der Waals surface area contributed by atoms with Gasteiger partial charge in [0.2, 0.25) is 0 Å². The molecule has 0 aromatic rings. The Morgan fingerprint density at radius 2 is 2.36 bits per heavy atom. The minimum atomic E-state index is -0.0460. The van der Waals surface area contributed by atoms with Crippen LogP contribution >= 0.6 is 0 Å². The Morgan fingerprint density at radius 3 is 2.93 bits per heavy atom. The van der Waals surface area contributed by atoms with E-state index in [2.05, 4.69) is 4.90 Å². The van der Waals surface area contributed by atoms with Crippen LogP contribution < -0.4 is 0 Å². The molecule has 2 atom stereocenters. The van der Waals surface area contributed by atoms with Crippen LogP contribution in [0.1, 0.15) is 32.6 Å². The molecule has 0 amide bonds. The summed E-state index contributed by atoms with van der Waals surface area (Å²) in [7, 11) is 0. The van der Waals surface area contributed by atoms with E-state index in [9.17, 15) is 4.79 Å². The third-order valence-corrected chi connectivity index (χ3v) is 3.43. The third-order valence-electron chi connectivity index (χ3n) is 3.43. The summed E-state index contributed by atoms with van der Waals surface area (Å²) in [5, 5.41) is 0. The van der Waals surface area contributed by atoms with Crippen LogP contribution in [0.5, 0.6) is 0 Å². The molecule has 80 valence electrons. The third kappa shape index (κ3) is 2.08. The number of carbonyl (C=O) groups excluding carboxylic acids is 1. The van der Waals surface area contributed by atoms with E-state index in [0.29, 0.717) is 13.0 Å². The number of rotatable bonds is 4. The largest absolute Gasteiger partial charge is 0.466 e. The Bertz CT molecular complexity index is 217. The molecule has 0 spiro atoms. The number of likely N-dealkylation sites (tertiary alicyclic amines) is 1. The van der Waals surface area contributed by atoms with Crippen LogP contribution in [0.25, 0.3) is 0 Å². The molecule has 0 N–H and O–H groups in total. The molecule has 14 heavy (non-hydrogen) atoms. The Hall–Kier alpha value is -0.570. The monoisotopic (exact) mass is 197 g/mol. The Morgan fingerprint density at radius 1 is 1.50 bits per heavy atom. The number of piperidine rings is 1. The quantitative estimate of drug-likeness (QED) is 0.638. The van der Waals surface area contributed by atoms with Gasteiger partial charge < -0.3 is 4.74 Å². The molecule has 2 rings (SSSR count). The lowest BCUT2D eigenvalue weighted by atomic mass is 10.1. The van der Waals surface area contributed by atoms with E-state index in [-0.39, 0.29) is 5.97 Å².